The third-order valence-electron chi connectivity index (χ3n) is 2.91. The first-order chi connectivity index (χ1) is 9.16. The van der Waals surface area contributed by atoms with Crippen LogP contribution in [-0.2, 0) is 6.42 Å². The van der Waals surface area contributed by atoms with E-state index in [1.54, 1.807) is 18.5 Å². The molecule has 19 heavy (non-hydrogen) atoms. The number of rotatable bonds is 4. The molecule has 0 bridgehead atoms. The summed E-state index contributed by atoms with van der Waals surface area (Å²) in [5.41, 5.74) is 2.80. The average molecular weight is 272 g/mol. The molecule has 1 aromatic carbocycles. The molecular weight excluding hydrogens is 256 g/mol. The van der Waals surface area contributed by atoms with Crippen molar-refractivity contribution >= 4 is 18.5 Å². The number of hydrogen-bond donors (Lipinski definition) is 2. The Labute approximate surface area is 118 Å². The number of carbonyl (C=O) groups excluding carboxylic acids is 1. The zero-order valence-corrected chi connectivity index (χ0v) is 11.7. The number of nitrogens with one attached hydrogen (secondary N) is 1. The van der Waals surface area contributed by atoms with Crippen LogP contribution in [-0.4, -0.2) is 17.4 Å². The second-order valence-corrected chi connectivity index (χ2v) is 4.88. The molecule has 0 aliphatic rings. The van der Waals surface area contributed by atoms with Gasteiger partial charge in [-0.25, -0.2) is 0 Å². The maximum atomic E-state index is 12.1. The van der Waals surface area contributed by atoms with Gasteiger partial charge >= 0.3 is 0 Å². The van der Waals surface area contributed by atoms with Gasteiger partial charge in [0.15, 0.2) is 0 Å². The number of thiol groups is 1. The summed E-state index contributed by atoms with van der Waals surface area (Å²) in [6.07, 6.45) is 4.31. The van der Waals surface area contributed by atoms with Crippen LogP contribution in [0.2, 0.25) is 0 Å². The minimum absolute atomic E-state index is 0.0533. The zero-order chi connectivity index (χ0) is 13.7. The SMILES string of the molecule is Cc1ccc(S)cc1C(=O)NCCc1ccncc1. The molecule has 1 amide bonds. The van der Waals surface area contributed by atoms with Gasteiger partial charge in [0, 0.05) is 29.4 Å². The van der Waals surface area contributed by atoms with Gasteiger partial charge in [-0.2, -0.15) is 0 Å². The molecule has 0 aliphatic carbocycles. The predicted molar refractivity (Wildman–Crippen MR) is 78.7 cm³/mol. The zero-order valence-electron chi connectivity index (χ0n) is 10.8. The van der Waals surface area contributed by atoms with Crippen molar-refractivity contribution in [1.82, 2.24) is 10.3 Å². The van der Waals surface area contributed by atoms with E-state index < -0.39 is 0 Å². The number of aromatic nitrogens is 1. The van der Waals surface area contributed by atoms with Crippen molar-refractivity contribution in [2.45, 2.75) is 18.2 Å². The molecule has 0 fully saturated rings. The summed E-state index contributed by atoms with van der Waals surface area (Å²) < 4.78 is 0. The average Bonchev–Trinajstić information content (AvgIpc) is 2.42. The van der Waals surface area contributed by atoms with Crippen LogP contribution >= 0.6 is 12.6 Å². The third-order valence-corrected chi connectivity index (χ3v) is 3.19. The minimum Gasteiger partial charge on any atom is -0.352 e. The fourth-order valence-electron chi connectivity index (χ4n) is 1.82. The highest BCUT2D eigenvalue weighted by atomic mass is 32.1. The molecule has 1 N–H and O–H groups in total. The fraction of sp³-hybridized carbons (Fsp3) is 0.200. The Kier molecular flexibility index (Phi) is 4.58. The van der Waals surface area contributed by atoms with Crippen LogP contribution in [0.25, 0.3) is 0 Å². The van der Waals surface area contributed by atoms with Crippen molar-refractivity contribution in [2.24, 2.45) is 0 Å². The predicted octanol–water partition coefficient (Wildman–Crippen LogP) is 2.65. The van der Waals surface area contributed by atoms with Gasteiger partial charge in [0.25, 0.3) is 5.91 Å². The first kappa shape index (κ1) is 13.6. The molecular formula is C15H16N2OS. The minimum atomic E-state index is -0.0533. The highest BCUT2D eigenvalue weighted by Crippen LogP contribution is 2.13. The highest BCUT2D eigenvalue weighted by Gasteiger charge is 2.08. The van der Waals surface area contributed by atoms with Crippen molar-refractivity contribution in [2.75, 3.05) is 6.54 Å². The lowest BCUT2D eigenvalue weighted by molar-refractivity contribution is 0.0953. The Balaban J connectivity index is 1.93. The topological polar surface area (TPSA) is 42.0 Å². The Morgan fingerprint density at radius 1 is 1.26 bits per heavy atom. The Morgan fingerprint density at radius 2 is 2.00 bits per heavy atom. The summed E-state index contributed by atoms with van der Waals surface area (Å²) in [4.78, 5) is 16.8. The fourth-order valence-corrected chi connectivity index (χ4v) is 2.02. The first-order valence-corrected chi connectivity index (χ1v) is 6.58. The number of carbonyl (C=O) groups is 1. The monoisotopic (exact) mass is 272 g/mol. The van der Waals surface area contributed by atoms with Gasteiger partial charge in [0.2, 0.25) is 0 Å². The normalized spacial score (nSPS) is 10.2. The van der Waals surface area contributed by atoms with Gasteiger partial charge in [-0.3, -0.25) is 9.78 Å². The molecule has 98 valence electrons. The standard InChI is InChI=1S/C15H16N2OS/c1-11-2-3-13(19)10-14(11)15(18)17-9-6-12-4-7-16-8-5-12/h2-5,7-8,10,19H,6,9H2,1H3,(H,17,18). The van der Waals surface area contributed by atoms with Gasteiger partial charge in [-0.15, -0.1) is 12.6 Å². The van der Waals surface area contributed by atoms with Gasteiger partial charge in [0.1, 0.15) is 0 Å². The molecule has 2 aromatic rings. The van der Waals surface area contributed by atoms with Crippen LogP contribution in [0, 0.1) is 6.92 Å². The highest BCUT2D eigenvalue weighted by molar-refractivity contribution is 7.80. The van der Waals surface area contributed by atoms with Crippen molar-refractivity contribution in [3.8, 4) is 0 Å². The number of pyridine rings is 1. The van der Waals surface area contributed by atoms with Crippen LogP contribution in [0.5, 0.6) is 0 Å². The molecule has 0 unspecified atom stereocenters. The second-order valence-electron chi connectivity index (χ2n) is 4.36. The van der Waals surface area contributed by atoms with Crippen LogP contribution < -0.4 is 5.32 Å². The number of benzene rings is 1. The molecule has 4 heteroatoms. The van der Waals surface area contributed by atoms with Gasteiger partial charge in [0.05, 0.1) is 0 Å². The summed E-state index contributed by atoms with van der Waals surface area (Å²) >= 11 is 4.26. The summed E-state index contributed by atoms with van der Waals surface area (Å²) in [6.45, 7) is 2.53. The summed E-state index contributed by atoms with van der Waals surface area (Å²) in [5.74, 6) is -0.0533. The van der Waals surface area contributed by atoms with Crippen LogP contribution in [0.1, 0.15) is 21.5 Å². The summed E-state index contributed by atoms with van der Waals surface area (Å²) in [7, 11) is 0. The maximum Gasteiger partial charge on any atom is 0.251 e. The number of hydrogen-bond acceptors (Lipinski definition) is 3. The Bertz CT molecular complexity index is 570. The largest absolute Gasteiger partial charge is 0.352 e. The molecule has 1 aromatic heterocycles. The van der Waals surface area contributed by atoms with E-state index in [0.717, 1.165) is 22.4 Å². The van der Waals surface area contributed by atoms with Gasteiger partial charge < -0.3 is 5.32 Å². The quantitative estimate of drug-likeness (QED) is 0.840. The molecule has 2 rings (SSSR count). The van der Waals surface area contributed by atoms with Crippen molar-refractivity contribution in [3.05, 3.63) is 59.4 Å². The lowest BCUT2D eigenvalue weighted by Crippen LogP contribution is -2.26. The van der Waals surface area contributed by atoms with Crippen molar-refractivity contribution in [1.29, 1.82) is 0 Å². The van der Waals surface area contributed by atoms with E-state index in [1.807, 2.05) is 31.2 Å². The third kappa shape index (κ3) is 3.83. The van der Waals surface area contributed by atoms with Gasteiger partial charge in [-0.1, -0.05) is 6.07 Å². The van der Waals surface area contributed by atoms with Crippen molar-refractivity contribution < 1.29 is 4.79 Å². The molecule has 0 spiro atoms. The second kappa shape index (κ2) is 6.38. The maximum absolute atomic E-state index is 12.1. The van der Waals surface area contributed by atoms with E-state index >= 15 is 0 Å². The van der Waals surface area contributed by atoms with Crippen LogP contribution in [0.15, 0.2) is 47.6 Å². The Hall–Kier alpha value is -1.81. The molecule has 0 atom stereocenters. The van der Waals surface area contributed by atoms with E-state index in [1.165, 1.54) is 0 Å². The Morgan fingerprint density at radius 3 is 2.74 bits per heavy atom. The number of amides is 1. The van der Waals surface area contributed by atoms with Crippen LogP contribution in [0.4, 0.5) is 0 Å². The molecule has 3 nitrogen and oxygen atoms in total. The van der Waals surface area contributed by atoms with E-state index in [4.69, 9.17) is 0 Å². The molecule has 0 saturated carbocycles. The van der Waals surface area contributed by atoms with E-state index in [2.05, 4.69) is 22.9 Å². The van der Waals surface area contributed by atoms with Gasteiger partial charge in [-0.05, 0) is 48.7 Å². The van der Waals surface area contributed by atoms with E-state index in [9.17, 15) is 4.79 Å². The molecule has 1 heterocycles. The number of nitrogens with zero attached hydrogens (tertiary/aromatic N) is 1. The summed E-state index contributed by atoms with van der Waals surface area (Å²) in [5, 5.41) is 2.92. The summed E-state index contributed by atoms with van der Waals surface area (Å²) in [6, 6.07) is 9.48. The van der Waals surface area contributed by atoms with E-state index in [0.29, 0.717) is 12.1 Å². The first-order valence-electron chi connectivity index (χ1n) is 6.13. The molecule has 0 radical (unpaired) electrons. The lowest BCUT2D eigenvalue weighted by atomic mass is 10.1. The number of aryl methyl sites for hydroxylation is 1. The van der Waals surface area contributed by atoms with Crippen LogP contribution in [0.3, 0.4) is 0 Å². The van der Waals surface area contributed by atoms with E-state index in [-0.39, 0.29) is 5.91 Å². The lowest BCUT2D eigenvalue weighted by Gasteiger charge is -2.08. The molecule has 0 saturated heterocycles. The smallest absolute Gasteiger partial charge is 0.251 e. The molecule has 0 aliphatic heterocycles. The van der Waals surface area contributed by atoms with Crippen molar-refractivity contribution in [3.63, 3.8) is 0 Å².